The van der Waals surface area contributed by atoms with Crippen LogP contribution in [0.25, 0.3) is 17.4 Å². The largest absolute Gasteiger partial charge is 0.462 e. The zero-order valence-corrected chi connectivity index (χ0v) is 21.3. The molecular formula is C27H30N2O6S. The molecule has 0 unspecified atom stereocenters. The van der Waals surface area contributed by atoms with Gasteiger partial charge < -0.3 is 14.1 Å². The molecule has 0 aliphatic carbocycles. The summed E-state index contributed by atoms with van der Waals surface area (Å²) in [5.74, 6) is 0.489. The molecule has 2 aromatic rings. The number of hydrogen-bond acceptors (Lipinski definition) is 7. The topological polar surface area (TPSA) is 97.1 Å². The Balaban J connectivity index is 1.38. The summed E-state index contributed by atoms with van der Waals surface area (Å²) in [7, 11) is 0. The predicted molar refractivity (Wildman–Crippen MR) is 137 cm³/mol. The Kier molecular flexibility index (Phi) is 8.30. The lowest BCUT2D eigenvalue weighted by molar-refractivity contribution is -0.136. The number of carbonyl (C=O) groups is 4. The first-order valence-electron chi connectivity index (χ1n) is 12.3. The molecule has 1 aromatic heterocycles. The van der Waals surface area contributed by atoms with E-state index in [1.54, 1.807) is 41.3 Å². The molecule has 0 N–H and O–H groups in total. The number of furan rings is 1. The van der Waals surface area contributed by atoms with E-state index in [2.05, 4.69) is 6.92 Å². The summed E-state index contributed by atoms with van der Waals surface area (Å²) in [6.45, 7) is 5.65. The third kappa shape index (κ3) is 6.07. The van der Waals surface area contributed by atoms with Crippen LogP contribution in [0.3, 0.4) is 0 Å². The molecule has 2 aliphatic rings. The first-order chi connectivity index (χ1) is 17.4. The Morgan fingerprint density at radius 1 is 1.11 bits per heavy atom. The minimum absolute atomic E-state index is 0.205. The number of nitrogens with zero attached hydrogens (tertiary/aromatic N) is 2. The van der Waals surface area contributed by atoms with Crippen molar-refractivity contribution in [2.75, 3.05) is 26.2 Å². The van der Waals surface area contributed by atoms with Crippen LogP contribution in [0.5, 0.6) is 0 Å². The molecule has 190 valence electrons. The molecule has 0 atom stereocenters. The number of rotatable bonds is 8. The van der Waals surface area contributed by atoms with Gasteiger partial charge in [0.15, 0.2) is 0 Å². The number of unbranched alkanes of at least 4 members (excludes halogenated alkanes) is 1. The van der Waals surface area contributed by atoms with E-state index < -0.39 is 11.1 Å². The average Bonchev–Trinajstić information content (AvgIpc) is 3.45. The lowest BCUT2D eigenvalue weighted by atomic mass is 9.99. The maximum atomic E-state index is 12.8. The molecule has 0 radical (unpaired) electrons. The van der Waals surface area contributed by atoms with Gasteiger partial charge in [0.25, 0.3) is 11.1 Å². The van der Waals surface area contributed by atoms with E-state index in [0.29, 0.717) is 42.7 Å². The molecule has 2 fully saturated rings. The highest BCUT2D eigenvalue weighted by Gasteiger charge is 2.37. The second kappa shape index (κ2) is 11.6. The number of amides is 3. The van der Waals surface area contributed by atoms with Crippen LogP contribution in [0.2, 0.25) is 0 Å². The third-order valence-electron chi connectivity index (χ3n) is 6.34. The van der Waals surface area contributed by atoms with Gasteiger partial charge in [0.1, 0.15) is 18.1 Å². The van der Waals surface area contributed by atoms with E-state index in [9.17, 15) is 19.2 Å². The lowest BCUT2D eigenvalue weighted by Crippen LogP contribution is -2.45. The first-order valence-corrected chi connectivity index (χ1v) is 13.1. The van der Waals surface area contributed by atoms with Gasteiger partial charge in [-0.15, -0.1) is 0 Å². The molecule has 1 aromatic carbocycles. The summed E-state index contributed by atoms with van der Waals surface area (Å²) in [6.07, 6.45) is 5.16. The van der Waals surface area contributed by atoms with Crippen molar-refractivity contribution in [1.82, 2.24) is 9.80 Å². The highest BCUT2D eigenvalue weighted by atomic mass is 32.2. The van der Waals surface area contributed by atoms with E-state index in [4.69, 9.17) is 9.15 Å². The maximum absolute atomic E-state index is 12.8. The van der Waals surface area contributed by atoms with Crippen LogP contribution < -0.4 is 0 Å². The summed E-state index contributed by atoms with van der Waals surface area (Å²) < 4.78 is 11.1. The SMILES string of the molecule is CCCCOC(=O)c1ccc(-c2ccc(/C=C3/SC(=O)N(CC(=O)N4CCC(C)CC4)C3=O)o2)cc1. The van der Waals surface area contributed by atoms with Crippen molar-refractivity contribution in [1.29, 1.82) is 0 Å². The van der Waals surface area contributed by atoms with Crippen LogP contribution in [0, 0.1) is 5.92 Å². The molecule has 0 spiro atoms. The zero-order chi connectivity index (χ0) is 25.7. The summed E-state index contributed by atoms with van der Waals surface area (Å²) in [6, 6.07) is 10.3. The standard InChI is InChI=1S/C27H30N2O6S/c1-3-4-15-34-26(32)20-7-5-19(6-8-20)22-10-9-21(35-22)16-23-25(31)29(27(33)36-23)17-24(30)28-13-11-18(2)12-14-28/h5-10,16,18H,3-4,11-15,17H2,1-2H3/b23-16+. The van der Waals surface area contributed by atoms with Crippen molar-refractivity contribution in [3.63, 3.8) is 0 Å². The number of piperidine rings is 1. The van der Waals surface area contributed by atoms with Crippen LogP contribution in [0.1, 0.15) is 55.6 Å². The second-order valence-corrected chi connectivity index (χ2v) is 10.1. The minimum Gasteiger partial charge on any atom is -0.462 e. The summed E-state index contributed by atoms with van der Waals surface area (Å²) in [5.41, 5.74) is 1.22. The number of benzene rings is 1. The number of ether oxygens (including phenoxy) is 1. The van der Waals surface area contributed by atoms with E-state index in [1.165, 1.54) is 6.08 Å². The smallest absolute Gasteiger partial charge is 0.338 e. The highest BCUT2D eigenvalue weighted by molar-refractivity contribution is 8.18. The molecule has 4 rings (SSSR count). The van der Waals surface area contributed by atoms with Crippen molar-refractivity contribution >= 4 is 40.9 Å². The molecule has 9 heteroatoms. The van der Waals surface area contributed by atoms with Crippen LogP contribution in [-0.4, -0.2) is 59.1 Å². The monoisotopic (exact) mass is 510 g/mol. The van der Waals surface area contributed by atoms with Gasteiger partial charge in [-0.3, -0.25) is 19.3 Å². The van der Waals surface area contributed by atoms with E-state index in [0.717, 1.165) is 47.9 Å². The van der Waals surface area contributed by atoms with E-state index in [-0.39, 0.29) is 23.3 Å². The van der Waals surface area contributed by atoms with E-state index in [1.807, 2.05) is 6.92 Å². The van der Waals surface area contributed by atoms with Crippen molar-refractivity contribution in [3.8, 4) is 11.3 Å². The fourth-order valence-corrected chi connectivity index (χ4v) is 4.83. The minimum atomic E-state index is -0.493. The second-order valence-electron chi connectivity index (χ2n) is 9.10. The lowest BCUT2D eigenvalue weighted by Gasteiger charge is -2.31. The molecule has 0 saturated carbocycles. The zero-order valence-electron chi connectivity index (χ0n) is 20.5. The molecule has 2 saturated heterocycles. The highest BCUT2D eigenvalue weighted by Crippen LogP contribution is 2.33. The third-order valence-corrected chi connectivity index (χ3v) is 7.25. The Labute approximate surface area is 214 Å². The number of likely N-dealkylation sites (tertiary alicyclic amines) is 1. The maximum Gasteiger partial charge on any atom is 0.338 e. The van der Waals surface area contributed by atoms with Gasteiger partial charge in [0.2, 0.25) is 5.91 Å². The molecule has 3 amide bonds. The normalized spacial score (nSPS) is 17.8. The number of hydrogen-bond donors (Lipinski definition) is 0. The molecule has 3 heterocycles. The molecule has 2 aliphatic heterocycles. The van der Waals surface area contributed by atoms with Gasteiger partial charge in [-0.1, -0.05) is 32.4 Å². The Bertz CT molecular complexity index is 1160. The van der Waals surface area contributed by atoms with Gasteiger partial charge in [-0.2, -0.15) is 0 Å². The Hall–Kier alpha value is -3.33. The van der Waals surface area contributed by atoms with Crippen LogP contribution in [0.15, 0.2) is 45.7 Å². The van der Waals surface area contributed by atoms with Crippen LogP contribution >= 0.6 is 11.8 Å². The summed E-state index contributed by atoms with van der Waals surface area (Å²) in [4.78, 5) is 52.9. The van der Waals surface area contributed by atoms with Gasteiger partial charge in [-0.25, -0.2) is 4.79 Å². The first kappa shape index (κ1) is 25.8. The van der Waals surface area contributed by atoms with Gasteiger partial charge >= 0.3 is 5.97 Å². The fraction of sp³-hybridized carbons (Fsp3) is 0.407. The number of imide groups is 1. The molecule has 0 bridgehead atoms. The predicted octanol–water partition coefficient (Wildman–Crippen LogP) is 5.20. The quantitative estimate of drug-likeness (QED) is 0.274. The number of thioether (sulfide) groups is 1. The van der Waals surface area contributed by atoms with E-state index >= 15 is 0 Å². The van der Waals surface area contributed by atoms with Crippen LogP contribution in [0.4, 0.5) is 4.79 Å². The summed E-state index contributed by atoms with van der Waals surface area (Å²) >= 11 is 0.800. The average molecular weight is 511 g/mol. The fourth-order valence-electron chi connectivity index (χ4n) is 4.01. The Morgan fingerprint density at radius 2 is 1.83 bits per heavy atom. The molecule has 8 nitrogen and oxygen atoms in total. The van der Waals surface area contributed by atoms with Crippen molar-refractivity contribution < 1.29 is 28.3 Å². The van der Waals surface area contributed by atoms with Crippen molar-refractivity contribution in [2.24, 2.45) is 5.92 Å². The molecule has 36 heavy (non-hydrogen) atoms. The van der Waals surface area contributed by atoms with Gasteiger partial charge in [0, 0.05) is 24.7 Å². The number of carbonyl (C=O) groups excluding carboxylic acids is 4. The van der Waals surface area contributed by atoms with Crippen LogP contribution in [-0.2, 0) is 14.3 Å². The Morgan fingerprint density at radius 3 is 2.53 bits per heavy atom. The van der Waals surface area contributed by atoms with Gasteiger partial charge in [-0.05, 0) is 61.2 Å². The molecular weight excluding hydrogens is 480 g/mol. The summed E-state index contributed by atoms with van der Waals surface area (Å²) in [5, 5.41) is -0.460. The van der Waals surface area contributed by atoms with Crippen molar-refractivity contribution in [2.45, 2.75) is 39.5 Å². The van der Waals surface area contributed by atoms with Crippen molar-refractivity contribution in [3.05, 3.63) is 52.6 Å². The van der Waals surface area contributed by atoms with Gasteiger partial charge in [0.05, 0.1) is 17.1 Å². The number of esters is 1.